The maximum atomic E-state index is 10.4. The van der Waals surface area contributed by atoms with E-state index in [2.05, 4.69) is 6.92 Å². The fraction of sp³-hybridized carbons (Fsp3) is 0.900. The zero-order valence-electron chi connectivity index (χ0n) is 8.27. The Balaban J connectivity index is 2.86. The smallest absolute Gasteiger partial charge is 0.302 e. The predicted octanol–water partition coefficient (Wildman–Crippen LogP) is 2.91. The van der Waals surface area contributed by atoms with E-state index in [1.165, 1.54) is 39.0 Å². The molecule has 0 aromatic rings. The number of unbranched alkanes of at least 4 members (excludes halogenated alkanes) is 5. The molecule has 0 bridgehead atoms. The van der Waals surface area contributed by atoms with Gasteiger partial charge in [-0.1, -0.05) is 39.0 Å². The Hall–Kier alpha value is -0.530. The summed E-state index contributed by atoms with van der Waals surface area (Å²) in [4.78, 5) is 10.4. The van der Waals surface area contributed by atoms with Crippen LogP contribution in [0.3, 0.4) is 0 Å². The average Bonchev–Trinajstić information content (AvgIpc) is 2.02. The summed E-state index contributed by atoms with van der Waals surface area (Å²) >= 11 is 0. The molecule has 2 heteroatoms. The minimum absolute atomic E-state index is 0.163. The molecule has 0 N–H and O–H groups in total. The topological polar surface area (TPSA) is 26.3 Å². The monoisotopic (exact) mass is 173 g/mol. The third kappa shape index (κ3) is 9.47. The van der Waals surface area contributed by atoms with Gasteiger partial charge in [0, 0.05) is 6.92 Å². The third-order valence-electron chi connectivity index (χ3n) is 1.80. The zero-order chi connectivity index (χ0) is 9.23. The van der Waals surface area contributed by atoms with Gasteiger partial charge in [-0.25, -0.2) is 0 Å². The Bertz CT molecular complexity index is 110. The summed E-state index contributed by atoms with van der Waals surface area (Å²) in [6.45, 7) is 4.26. The van der Waals surface area contributed by atoms with Crippen molar-refractivity contribution in [2.24, 2.45) is 0 Å². The van der Waals surface area contributed by atoms with Crippen LogP contribution in [0.4, 0.5) is 0 Å². The molecule has 0 heterocycles. The molecule has 0 aromatic heterocycles. The maximum Gasteiger partial charge on any atom is 0.302 e. The van der Waals surface area contributed by atoms with Crippen molar-refractivity contribution < 1.29 is 9.53 Å². The fourth-order valence-corrected chi connectivity index (χ4v) is 1.10. The lowest BCUT2D eigenvalue weighted by Gasteiger charge is -2.01. The van der Waals surface area contributed by atoms with Gasteiger partial charge in [0.25, 0.3) is 0 Å². The van der Waals surface area contributed by atoms with E-state index < -0.39 is 0 Å². The quantitative estimate of drug-likeness (QED) is 0.336. The lowest BCUT2D eigenvalue weighted by Crippen LogP contribution is -1.99. The first-order valence-corrected chi connectivity index (χ1v) is 4.90. The molecule has 0 saturated carbocycles. The van der Waals surface area contributed by atoms with E-state index in [0.29, 0.717) is 6.61 Å². The molecule has 0 aromatic carbocycles. The second-order valence-corrected chi connectivity index (χ2v) is 3.11. The normalized spacial score (nSPS) is 9.83. The SMILES string of the molecule is CCCCCCC[13CH2]OC(C)=O. The minimum atomic E-state index is -0.163. The van der Waals surface area contributed by atoms with Crippen molar-refractivity contribution in [1.82, 2.24) is 0 Å². The van der Waals surface area contributed by atoms with Crippen molar-refractivity contribution in [2.45, 2.75) is 52.4 Å². The number of rotatable bonds is 7. The molecule has 0 rings (SSSR count). The van der Waals surface area contributed by atoms with Gasteiger partial charge in [-0.3, -0.25) is 4.79 Å². The lowest BCUT2D eigenvalue weighted by atomic mass is 10.1. The highest BCUT2D eigenvalue weighted by molar-refractivity contribution is 5.65. The summed E-state index contributed by atoms with van der Waals surface area (Å²) < 4.78 is 4.81. The van der Waals surface area contributed by atoms with E-state index in [-0.39, 0.29) is 5.97 Å². The van der Waals surface area contributed by atoms with Crippen LogP contribution in [0.15, 0.2) is 0 Å². The highest BCUT2D eigenvalue weighted by Gasteiger charge is 1.92. The van der Waals surface area contributed by atoms with Gasteiger partial charge >= 0.3 is 5.97 Å². The van der Waals surface area contributed by atoms with Crippen LogP contribution in [0.5, 0.6) is 0 Å². The summed E-state index contributed by atoms with van der Waals surface area (Å²) in [5.41, 5.74) is 0. The third-order valence-corrected chi connectivity index (χ3v) is 1.80. The Morgan fingerprint density at radius 2 is 1.67 bits per heavy atom. The van der Waals surface area contributed by atoms with Gasteiger partial charge in [-0.2, -0.15) is 0 Å². The van der Waals surface area contributed by atoms with Crippen LogP contribution in [0.25, 0.3) is 0 Å². The highest BCUT2D eigenvalue weighted by atomic mass is 16.6. The van der Waals surface area contributed by atoms with E-state index in [0.717, 1.165) is 6.42 Å². The molecule has 2 nitrogen and oxygen atoms in total. The van der Waals surface area contributed by atoms with Crippen molar-refractivity contribution in [3.05, 3.63) is 0 Å². The highest BCUT2D eigenvalue weighted by Crippen LogP contribution is 2.04. The maximum absolute atomic E-state index is 10.4. The van der Waals surface area contributed by atoms with Crippen LogP contribution in [0.1, 0.15) is 52.4 Å². The largest absolute Gasteiger partial charge is 0.466 e. The van der Waals surface area contributed by atoms with Crippen LogP contribution >= 0.6 is 0 Å². The molecule has 0 fully saturated rings. The van der Waals surface area contributed by atoms with Crippen LogP contribution in [-0.4, -0.2) is 12.6 Å². The second kappa shape index (κ2) is 8.57. The number of hydrogen-bond acceptors (Lipinski definition) is 2. The number of carbonyl (C=O) groups excluding carboxylic acids is 1. The van der Waals surface area contributed by atoms with Gasteiger partial charge in [-0.05, 0) is 6.42 Å². The second-order valence-electron chi connectivity index (χ2n) is 3.11. The van der Waals surface area contributed by atoms with Crippen LogP contribution in [-0.2, 0) is 9.53 Å². The Labute approximate surface area is 75.3 Å². The van der Waals surface area contributed by atoms with Crippen LogP contribution in [0.2, 0.25) is 0 Å². The molecule has 0 aliphatic rings. The summed E-state index contributed by atoms with van der Waals surface area (Å²) in [6.07, 6.45) is 7.40. The molecule has 0 spiro atoms. The summed E-state index contributed by atoms with van der Waals surface area (Å²) in [6, 6.07) is 0. The molecular formula is C10H20O2. The first-order valence-electron chi connectivity index (χ1n) is 4.90. The fourth-order valence-electron chi connectivity index (χ4n) is 1.10. The predicted molar refractivity (Wildman–Crippen MR) is 50.0 cm³/mol. The first-order chi connectivity index (χ1) is 5.77. The standard InChI is InChI=1S/C10H20O2/c1-3-4-5-6-7-8-9-12-10(2)11/h3-9H2,1-2H3/i9+1. The molecule has 0 radical (unpaired) electrons. The molecule has 0 saturated heterocycles. The first kappa shape index (κ1) is 11.5. The number of ether oxygens (including phenoxy) is 1. The zero-order valence-corrected chi connectivity index (χ0v) is 8.27. The summed E-state index contributed by atoms with van der Waals surface area (Å²) in [5, 5.41) is 0. The van der Waals surface area contributed by atoms with E-state index in [1.807, 2.05) is 0 Å². The molecule has 72 valence electrons. The van der Waals surface area contributed by atoms with Gasteiger partial charge < -0.3 is 4.74 Å². The number of carbonyl (C=O) groups is 1. The molecule has 12 heavy (non-hydrogen) atoms. The van der Waals surface area contributed by atoms with Crippen LogP contribution < -0.4 is 0 Å². The molecule has 0 amide bonds. The number of esters is 1. The Kier molecular flexibility index (Phi) is 8.19. The molecule has 0 atom stereocenters. The van der Waals surface area contributed by atoms with Crippen molar-refractivity contribution in [3.8, 4) is 0 Å². The van der Waals surface area contributed by atoms with Crippen LogP contribution in [0, 0.1) is 0 Å². The van der Waals surface area contributed by atoms with E-state index in [4.69, 9.17) is 4.74 Å². The molecule has 0 unspecified atom stereocenters. The summed E-state index contributed by atoms with van der Waals surface area (Å²) in [7, 11) is 0. The van der Waals surface area contributed by atoms with Crippen molar-refractivity contribution in [3.63, 3.8) is 0 Å². The van der Waals surface area contributed by atoms with E-state index in [9.17, 15) is 4.79 Å². The van der Waals surface area contributed by atoms with Gasteiger partial charge in [0.15, 0.2) is 0 Å². The Morgan fingerprint density at radius 1 is 1.08 bits per heavy atom. The van der Waals surface area contributed by atoms with Gasteiger partial charge in [0.05, 0.1) is 6.61 Å². The lowest BCUT2D eigenvalue weighted by molar-refractivity contribution is -0.141. The summed E-state index contributed by atoms with van der Waals surface area (Å²) in [5.74, 6) is -0.163. The molecule has 0 aliphatic carbocycles. The van der Waals surface area contributed by atoms with Gasteiger partial charge in [0.1, 0.15) is 0 Å². The van der Waals surface area contributed by atoms with Crippen molar-refractivity contribution >= 4 is 5.97 Å². The number of hydrogen-bond donors (Lipinski definition) is 0. The van der Waals surface area contributed by atoms with Gasteiger partial charge in [0.2, 0.25) is 0 Å². The van der Waals surface area contributed by atoms with Gasteiger partial charge in [-0.15, -0.1) is 0 Å². The van der Waals surface area contributed by atoms with E-state index >= 15 is 0 Å². The van der Waals surface area contributed by atoms with Crippen molar-refractivity contribution in [1.29, 1.82) is 0 Å². The van der Waals surface area contributed by atoms with E-state index in [1.54, 1.807) is 0 Å². The Morgan fingerprint density at radius 3 is 2.25 bits per heavy atom. The average molecular weight is 173 g/mol. The minimum Gasteiger partial charge on any atom is -0.466 e. The van der Waals surface area contributed by atoms with Crippen molar-refractivity contribution in [2.75, 3.05) is 6.61 Å². The molecule has 0 aliphatic heterocycles. The molecular weight excluding hydrogens is 153 g/mol.